The zero-order chi connectivity index (χ0) is 19.5. The van der Waals surface area contributed by atoms with Gasteiger partial charge in [-0.1, -0.05) is 23.3 Å². The Morgan fingerprint density at radius 1 is 1.11 bits per heavy atom. The molecule has 4 rings (SSSR count). The normalized spacial score (nSPS) is 10.8. The molecule has 1 N–H and O–H groups in total. The summed E-state index contributed by atoms with van der Waals surface area (Å²) in [5, 5.41) is 22.0. The van der Waals surface area contributed by atoms with E-state index in [9.17, 15) is 9.18 Å². The van der Waals surface area contributed by atoms with Crippen molar-refractivity contribution in [2.24, 2.45) is 0 Å². The van der Waals surface area contributed by atoms with E-state index in [4.69, 9.17) is 4.42 Å². The number of carbonyl (C=O) groups is 1. The molecule has 2 aromatic heterocycles. The number of hydrogen-bond acceptors (Lipinski definition) is 7. The van der Waals surface area contributed by atoms with E-state index in [1.165, 1.54) is 6.07 Å². The van der Waals surface area contributed by atoms with Gasteiger partial charge in [-0.3, -0.25) is 10.1 Å². The van der Waals surface area contributed by atoms with Crippen molar-refractivity contribution in [2.75, 3.05) is 5.32 Å². The minimum absolute atomic E-state index is 0.0293. The van der Waals surface area contributed by atoms with Crippen molar-refractivity contribution >= 4 is 11.9 Å². The number of hydrogen-bond donors (Lipinski definition) is 1. The SMILES string of the molecule is Cc1cc(-c2nnn(CC(=O)Nc3nnc(-c4ccccc4)o3)n2)ccc1F. The number of anilines is 1. The van der Waals surface area contributed by atoms with E-state index < -0.39 is 5.91 Å². The lowest BCUT2D eigenvalue weighted by Gasteiger charge is -1.99. The van der Waals surface area contributed by atoms with Gasteiger partial charge in [-0.2, -0.15) is 4.80 Å². The summed E-state index contributed by atoms with van der Waals surface area (Å²) in [5.41, 5.74) is 1.82. The van der Waals surface area contributed by atoms with E-state index in [1.807, 2.05) is 30.3 Å². The molecule has 2 heterocycles. The lowest BCUT2D eigenvalue weighted by Crippen LogP contribution is -2.20. The first kappa shape index (κ1) is 17.5. The number of nitrogens with one attached hydrogen (secondary N) is 1. The summed E-state index contributed by atoms with van der Waals surface area (Å²) in [5.74, 6) is -0.184. The Kier molecular flexibility index (Phi) is 4.58. The third kappa shape index (κ3) is 3.75. The molecule has 0 saturated carbocycles. The van der Waals surface area contributed by atoms with Crippen LogP contribution >= 0.6 is 0 Å². The fourth-order valence-electron chi connectivity index (χ4n) is 2.47. The van der Waals surface area contributed by atoms with Gasteiger partial charge in [0.2, 0.25) is 11.7 Å². The van der Waals surface area contributed by atoms with Gasteiger partial charge in [-0.05, 0) is 48.0 Å². The van der Waals surface area contributed by atoms with Crippen molar-refractivity contribution in [3.8, 4) is 22.8 Å². The highest BCUT2D eigenvalue weighted by Crippen LogP contribution is 2.19. The second-order valence-corrected chi connectivity index (χ2v) is 5.93. The van der Waals surface area contributed by atoms with Gasteiger partial charge in [-0.25, -0.2) is 4.39 Å². The van der Waals surface area contributed by atoms with E-state index in [0.717, 1.165) is 10.4 Å². The van der Waals surface area contributed by atoms with E-state index >= 15 is 0 Å². The minimum atomic E-state index is -0.456. The summed E-state index contributed by atoms with van der Waals surface area (Å²) in [4.78, 5) is 13.3. The number of nitrogens with zero attached hydrogens (tertiary/aromatic N) is 6. The Morgan fingerprint density at radius 2 is 1.93 bits per heavy atom. The second kappa shape index (κ2) is 7.35. The van der Waals surface area contributed by atoms with Crippen LogP contribution in [0.25, 0.3) is 22.8 Å². The number of amides is 1. The largest absolute Gasteiger partial charge is 0.403 e. The molecule has 0 aliphatic heterocycles. The molecule has 140 valence electrons. The molecule has 2 aromatic carbocycles. The van der Waals surface area contributed by atoms with Gasteiger partial charge in [0.1, 0.15) is 12.4 Å². The topological polar surface area (TPSA) is 112 Å². The van der Waals surface area contributed by atoms with Gasteiger partial charge in [0.15, 0.2) is 0 Å². The maximum Gasteiger partial charge on any atom is 0.322 e. The molecule has 0 spiro atoms. The molecule has 10 heteroatoms. The predicted octanol–water partition coefficient (Wildman–Crippen LogP) is 2.48. The molecule has 0 atom stereocenters. The van der Waals surface area contributed by atoms with E-state index in [-0.39, 0.29) is 18.4 Å². The Balaban J connectivity index is 1.41. The zero-order valence-corrected chi connectivity index (χ0v) is 14.7. The van der Waals surface area contributed by atoms with Gasteiger partial charge in [0, 0.05) is 11.1 Å². The van der Waals surface area contributed by atoms with E-state index in [0.29, 0.717) is 22.8 Å². The number of halogens is 1. The summed E-state index contributed by atoms with van der Waals surface area (Å²) in [7, 11) is 0. The first-order chi connectivity index (χ1) is 13.6. The van der Waals surface area contributed by atoms with Crippen LogP contribution in [0, 0.1) is 12.7 Å². The lowest BCUT2D eigenvalue weighted by molar-refractivity contribution is -0.117. The number of aryl methyl sites for hydroxylation is 1. The molecule has 0 aliphatic rings. The van der Waals surface area contributed by atoms with E-state index in [2.05, 4.69) is 30.9 Å². The predicted molar refractivity (Wildman–Crippen MR) is 96.3 cm³/mol. The molecule has 4 aromatic rings. The Morgan fingerprint density at radius 3 is 2.71 bits per heavy atom. The standard InChI is InChI=1S/C18H14FN7O2/c1-11-9-13(7-8-14(11)19)16-21-25-26(24-16)10-15(27)20-18-23-22-17(28-18)12-5-3-2-4-6-12/h2-9H,10H2,1H3,(H,20,23,27). The fraction of sp³-hybridized carbons (Fsp3) is 0.111. The van der Waals surface area contributed by atoms with Crippen LogP contribution in [0.2, 0.25) is 0 Å². The number of benzene rings is 2. The van der Waals surface area contributed by atoms with Gasteiger partial charge in [0.25, 0.3) is 5.91 Å². The van der Waals surface area contributed by atoms with Crippen LogP contribution in [-0.2, 0) is 11.3 Å². The van der Waals surface area contributed by atoms with Gasteiger partial charge < -0.3 is 4.42 Å². The zero-order valence-electron chi connectivity index (χ0n) is 14.7. The number of carbonyl (C=O) groups excluding carboxylic acids is 1. The molecule has 0 fully saturated rings. The molecule has 0 bridgehead atoms. The number of tetrazole rings is 1. The van der Waals surface area contributed by atoms with Crippen LogP contribution in [0.3, 0.4) is 0 Å². The molecule has 28 heavy (non-hydrogen) atoms. The summed E-state index contributed by atoms with van der Waals surface area (Å²) >= 11 is 0. The highest BCUT2D eigenvalue weighted by atomic mass is 19.1. The maximum atomic E-state index is 13.4. The Hall–Kier alpha value is -3.95. The van der Waals surface area contributed by atoms with Crippen molar-refractivity contribution in [2.45, 2.75) is 13.5 Å². The minimum Gasteiger partial charge on any atom is -0.403 e. The Bertz CT molecular complexity index is 1120. The average Bonchev–Trinajstić information content (AvgIpc) is 3.34. The average molecular weight is 379 g/mol. The molecular weight excluding hydrogens is 365 g/mol. The number of rotatable bonds is 5. The molecule has 0 saturated heterocycles. The van der Waals surface area contributed by atoms with Crippen LogP contribution in [-0.4, -0.2) is 36.3 Å². The van der Waals surface area contributed by atoms with Crippen molar-refractivity contribution in [1.82, 2.24) is 30.4 Å². The van der Waals surface area contributed by atoms with E-state index in [1.54, 1.807) is 19.1 Å². The monoisotopic (exact) mass is 379 g/mol. The maximum absolute atomic E-state index is 13.4. The fourth-order valence-corrected chi connectivity index (χ4v) is 2.47. The highest BCUT2D eigenvalue weighted by Gasteiger charge is 2.14. The van der Waals surface area contributed by atoms with Crippen molar-refractivity contribution in [3.63, 3.8) is 0 Å². The summed E-state index contributed by atoms with van der Waals surface area (Å²) in [6, 6.07) is 13.6. The molecule has 1 amide bonds. The molecule has 0 unspecified atom stereocenters. The molecule has 0 aliphatic carbocycles. The first-order valence-electron chi connectivity index (χ1n) is 8.31. The summed E-state index contributed by atoms with van der Waals surface area (Å²) in [6.07, 6.45) is 0. The van der Waals surface area contributed by atoms with Crippen LogP contribution in [0.5, 0.6) is 0 Å². The summed E-state index contributed by atoms with van der Waals surface area (Å²) in [6.45, 7) is 1.45. The summed E-state index contributed by atoms with van der Waals surface area (Å²) < 4.78 is 18.8. The lowest BCUT2D eigenvalue weighted by atomic mass is 10.1. The van der Waals surface area contributed by atoms with Crippen LogP contribution in [0.4, 0.5) is 10.4 Å². The van der Waals surface area contributed by atoms with Gasteiger partial charge in [-0.15, -0.1) is 15.3 Å². The quantitative estimate of drug-likeness (QED) is 0.567. The molecule has 0 radical (unpaired) electrons. The van der Waals surface area contributed by atoms with Crippen molar-refractivity contribution < 1.29 is 13.6 Å². The molecular formula is C18H14FN7O2. The van der Waals surface area contributed by atoms with Crippen LogP contribution in [0.1, 0.15) is 5.56 Å². The second-order valence-electron chi connectivity index (χ2n) is 5.93. The molecule has 9 nitrogen and oxygen atoms in total. The first-order valence-corrected chi connectivity index (χ1v) is 8.31. The van der Waals surface area contributed by atoms with Gasteiger partial charge >= 0.3 is 6.01 Å². The van der Waals surface area contributed by atoms with Crippen LogP contribution < -0.4 is 5.32 Å². The Labute approximate surface area is 158 Å². The third-order valence-electron chi connectivity index (χ3n) is 3.85. The smallest absolute Gasteiger partial charge is 0.322 e. The van der Waals surface area contributed by atoms with Crippen molar-refractivity contribution in [1.29, 1.82) is 0 Å². The van der Waals surface area contributed by atoms with Crippen molar-refractivity contribution in [3.05, 3.63) is 59.9 Å². The van der Waals surface area contributed by atoms with Crippen LogP contribution in [0.15, 0.2) is 52.9 Å². The third-order valence-corrected chi connectivity index (χ3v) is 3.85. The number of aromatic nitrogens is 6. The van der Waals surface area contributed by atoms with Gasteiger partial charge in [0.05, 0.1) is 0 Å². The highest BCUT2D eigenvalue weighted by molar-refractivity contribution is 5.88.